The van der Waals surface area contributed by atoms with E-state index in [9.17, 15) is 13.2 Å². The molecule has 8 heteroatoms. The van der Waals surface area contributed by atoms with Gasteiger partial charge in [-0.15, -0.1) is 24.8 Å². The lowest BCUT2D eigenvalue weighted by Crippen LogP contribution is -2.53. The highest BCUT2D eigenvalue weighted by atomic mass is 35.5. The molecule has 0 saturated carbocycles. The van der Waals surface area contributed by atoms with Crippen molar-refractivity contribution in [1.29, 1.82) is 0 Å². The summed E-state index contributed by atoms with van der Waals surface area (Å²) >= 11 is 0. The van der Waals surface area contributed by atoms with Crippen molar-refractivity contribution in [3.8, 4) is 0 Å². The molecular formula is C10H15Cl2F3N3+. The lowest BCUT2D eigenvalue weighted by Gasteiger charge is -2.26. The van der Waals surface area contributed by atoms with Crippen molar-refractivity contribution in [2.45, 2.75) is 19.0 Å². The van der Waals surface area contributed by atoms with Crippen molar-refractivity contribution in [2.24, 2.45) is 5.84 Å². The highest BCUT2D eigenvalue weighted by Crippen LogP contribution is 2.32. The van der Waals surface area contributed by atoms with E-state index in [0.29, 0.717) is 18.8 Å². The lowest BCUT2D eigenvalue weighted by molar-refractivity contribution is -0.137. The summed E-state index contributed by atoms with van der Waals surface area (Å²) in [5.74, 6) is 6.02. The Morgan fingerprint density at radius 3 is 2.17 bits per heavy atom. The van der Waals surface area contributed by atoms with E-state index in [1.807, 2.05) is 0 Å². The number of nitrogens with zero attached hydrogens (tertiary/aromatic N) is 2. The van der Waals surface area contributed by atoms with Crippen molar-refractivity contribution >= 4 is 30.5 Å². The average Bonchev–Trinajstić information content (AvgIpc) is 2.66. The van der Waals surface area contributed by atoms with E-state index in [1.165, 1.54) is 6.20 Å². The van der Waals surface area contributed by atoms with Crippen LogP contribution in [0, 0.1) is 0 Å². The molecule has 1 aromatic rings. The van der Waals surface area contributed by atoms with E-state index < -0.39 is 11.7 Å². The minimum atomic E-state index is -4.36. The molecule has 0 aromatic carbocycles. The van der Waals surface area contributed by atoms with Gasteiger partial charge in [-0.25, -0.2) is 4.59 Å². The number of hydrogen-bond acceptors (Lipinski definition) is 2. The smallest absolute Gasteiger partial charge is 0.258 e. The molecule has 1 fully saturated rings. The molecule has 0 amide bonds. The summed E-state index contributed by atoms with van der Waals surface area (Å²) in [4.78, 5) is 3.63. The summed E-state index contributed by atoms with van der Waals surface area (Å²) in [5, 5.41) is 0. The molecule has 2 N–H and O–H groups in total. The molecule has 0 spiro atoms. The van der Waals surface area contributed by atoms with Crippen LogP contribution in [0.5, 0.6) is 0 Å². The summed E-state index contributed by atoms with van der Waals surface area (Å²) in [6.07, 6.45) is -0.242. The van der Waals surface area contributed by atoms with Crippen LogP contribution >= 0.6 is 24.8 Å². The van der Waals surface area contributed by atoms with Crippen LogP contribution in [0.25, 0.3) is 0 Å². The van der Waals surface area contributed by atoms with E-state index in [1.54, 1.807) is 0 Å². The first-order chi connectivity index (χ1) is 7.42. The number of aromatic nitrogens is 1. The van der Waals surface area contributed by atoms with Gasteiger partial charge in [-0.2, -0.15) is 19.0 Å². The number of hydrogen-bond donors (Lipinski definition) is 1. The molecule has 1 aliphatic rings. The van der Waals surface area contributed by atoms with Gasteiger partial charge in [-0.1, -0.05) is 0 Å². The van der Waals surface area contributed by atoms with Crippen LogP contribution in [0.4, 0.5) is 18.9 Å². The van der Waals surface area contributed by atoms with Crippen molar-refractivity contribution in [1.82, 2.24) is 9.58 Å². The number of halogens is 5. The van der Waals surface area contributed by atoms with Gasteiger partial charge >= 0.3 is 6.18 Å². The van der Waals surface area contributed by atoms with Crippen LogP contribution in [-0.2, 0) is 6.18 Å². The average molecular weight is 305 g/mol. The normalized spacial score (nSPS) is 17.8. The van der Waals surface area contributed by atoms with Gasteiger partial charge < -0.3 is 0 Å². The van der Waals surface area contributed by atoms with Crippen LogP contribution in [0.1, 0.15) is 18.4 Å². The summed E-state index contributed by atoms with van der Waals surface area (Å²) in [6, 6.07) is 1.10. The molecule has 1 aliphatic heterocycles. The molecule has 104 valence electrons. The summed E-state index contributed by atoms with van der Waals surface area (Å²) in [7, 11) is 0. The molecule has 0 bridgehead atoms. The van der Waals surface area contributed by atoms with E-state index in [-0.39, 0.29) is 29.4 Å². The third-order valence-electron chi connectivity index (χ3n) is 2.93. The number of nitrogens with two attached hydrogens (primary N) is 1. The third-order valence-corrected chi connectivity index (χ3v) is 2.93. The maximum absolute atomic E-state index is 12.5. The molecule has 3 nitrogen and oxygen atoms in total. The molecule has 1 aromatic heterocycles. The van der Waals surface area contributed by atoms with Gasteiger partial charge in [0.05, 0.1) is 11.8 Å². The molecule has 18 heavy (non-hydrogen) atoms. The van der Waals surface area contributed by atoms with E-state index in [4.69, 9.17) is 5.84 Å². The van der Waals surface area contributed by atoms with Crippen LogP contribution in [-0.4, -0.2) is 18.1 Å². The lowest BCUT2D eigenvalue weighted by atomic mass is 10.2. The van der Waals surface area contributed by atoms with E-state index >= 15 is 0 Å². The first-order valence-corrected chi connectivity index (χ1v) is 5.10. The molecule has 2 rings (SSSR count). The topological polar surface area (TPSA) is 38.9 Å². The van der Waals surface area contributed by atoms with Crippen LogP contribution in [0.15, 0.2) is 18.5 Å². The monoisotopic (exact) mass is 304 g/mol. The Morgan fingerprint density at radius 1 is 1.11 bits per heavy atom. The summed E-state index contributed by atoms with van der Waals surface area (Å²) in [6.45, 7) is 1.34. The second-order valence-electron chi connectivity index (χ2n) is 4.12. The maximum atomic E-state index is 12.5. The summed E-state index contributed by atoms with van der Waals surface area (Å²) < 4.78 is 37.5. The number of alkyl halides is 3. The number of rotatable bonds is 1. The van der Waals surface area contributed by atoms with Crippen LogP contribution in [0.2, 0.25) is 0 Å². The van der Waals surface area contributed by atoms with Crippen molar-refractivity contribution in [3.63, 3.8) is 0 Å². The van der Waals surface area contributed by atoms with Crippen molar-refractivity contribution < 1.29 is 13.2 Å². The van der Waals surface area contributed by atoms with E-state index in [2.05, 4.69) is 4.98 Å². The second-order valence-corrected chi connectivity index (χ2v) is 4.12. The number of pyridine rings is 1. The van der Waals surface area contributed by atoms with Gasteiger partial charge in [-0.05, 0) is 0 Å². The van der Waals surface area contributed by atoms with Gasteiger partial charge in [0.25, 0.3) is 0 Å². The fraction of sp³-hybridized carbons (Fsp3) is 0.500. The molecule has 0 atom stereocenters. The fourth-order valence-electron chi connectivity index (χ4n) is 1.98. The zero-order valence-corrected chi connectivity index (χ0v) is 11.1. The number of quaternary nitrogens is 1. The predicted molar refractivity (Wildman–Crippen MR) is 68.7 cm³/mol. The van der Waals surface area contributed by atoms with Crippen LogP contribution in [0.3, 0.4) is 0 Å². The Hall–Kier alpha value is -0.560. The standard InChI is InChI=1S/C10H13F3N3.2ClH/c11-10(12,13)8-5-9(7-15-6-8)16(14)3-1-2-4-16;;/h5-7H,1-4,14H2;2*1H/q+1;;. The van der Waals surface area contributed by atoms with Crippen molar-refractivity contribution in [3.05, 3.63) is 24.0 Å². The van der Waals surface area contributed by atoms with Crippen molar-refractivity contribution in [2.75, 3.05) is 13.1 Å². The zero-order valence-electron chi connectivity index (χ0n) is 9.48. The molecule has 1 saturated heterocycles. The molecule has 0 unspecified atom stereocenters. The van der Waals surface area contributed by atoms with Crippen LogP contribution < -0.4 is 10.4 Å². The minimum absolute atomic E-state index is 0. The first kappa shape index (κ1) is 17.4. The Labute approximate surface area is 116 Å². The second kappa shape index (κ2) is 6.06. The fourth-order valence-corrected chi connectivity index (χ4v) is 1.98. The first-order valence-electron chi connectivity index (χ1n) is 5.10. The maximum Gasteiger partial charge on any atom is 0.418 e. The Bertz CT molecular complexity index is 392. The molecule has 0 aliphatic carbocycles. The Balaban J connectivity index is 0.00000144. The van der Waals surface area contributed by atoms with Gasteiger partial charge in [0.2, 0.25) is 0 Å². The Morgan fingerprint density at radius 2 is 1.67 bits per heavy atom. The third kappa shape index (κ3) is 3.47. The minimum Gasteiger partial charge on any atom is -0.258 e. The zero-order chi connectivity index (χ0) is 11.8. The van der Waals surface area contributed by atoms with Gasteiger partial charge in [0.15, 0.2) is 5.69 Å². The molecular weight excluding hydrogens is 290 g/mol. The summed E-state index contributed by atoms with van der Waals surface area (Å²) in [5.41, 5.74) is -0.299. The van der Waals surface area contributed by atoms with Gasteiger partial charge in [0.1, 0.15) is 13.1 Å². The quantitative estimate of drug-likeness (QED) is 0.640. The van der Waals surface area contributed by atoms with Gasteiger partial charge in [-0.3, -0.25) is 4.98 Å². The molecule has 0 radical (unpaired) electrons. The highest BCUT2D eigenvalue weighted by molar-refractivity contribution is 5.85. The Kier molecular flexibility index (Phi) is 5.87. The predicted octanol–water partition coefficient (Wildman–Crippen LogP) is 2.92. The largest absolute Gasteiger partial charge is 0.418 e. The highest BCUT2D eigenvalue weighted by Gasteiger charge is 2.36. The molecule has 2 heterocycles. The SMILES string of the molecule is Cl.Cl.N[N+]1(c2cncc(C(F)(F)F)c2)CCCC1. The van der Waals surface area contributed by atoms with Gasteiger partial charge in [0, 0.05) is 25.1 Å². The van der Waals surface area contributed by atoms with E-state index in [0.717, 1.165) is 25.1 Å².